The smallest absolute Gasteiger partial charge is 0.225 e. The zero-order chi connectivity index (χ0) is 16.3. The minimum atomic E-state index is 0.0550. The zero-order valence-corrected chi connectivity index (χ0v) is 14.5. The fourth-order valence-corrected chi connectivity index (χ4v) is 3.33. The molecule has 6 heteroatoms. The molecule has 1 amide bonds. The van der Waals surface area contributed by atoms with Gasteiger partial charge in [0.2, 0.25) is 5.91 Å². The topological polar surface area (TPSA) is 59.6 Å². The number of hydrogen-bond acceptors (Lipinski definition) is 5. The highest BCUT2D eigenvalue weighted by atomic mass is 32.2. The van der Waals surface area contributed by atoms with Crippen LogP contribution < -0.4 is 10.6 Å². The SMILES string of the molecule is CCOCCOCc1cccc(NC(=O)CC2CSCCN2)c1. The lowest BCUT2D eigenvalue weighted by Gasteiger charge is -2.22. The standard InChI is InChI=1S/C17H26N2O3S/c1-2-21-7-8-22-12-14-4-3-5-15(10-14)19-17(20)11-16-13-23-9-6-18-16/h3-5,10,16,18H,2,6-9,11-13H2,1H3,(H,19,20). The number of benzene rings is 1. The Bertz CT molecular complexity index is 479. The van der Waals surface area contributed by atoms with E-state index in [1.807, 2.05) is 43.0 Å². The molecule has 128 valence electrons. The summed E-state index contributed by atoms with van der Waals surface area (Å²) < 4.78 is 10.8. The van der Waals surface area contributed by atoms with E-state index in [0.29, 0.717) is 32.8 Å². The highest BCUT2D eigenvalue weighted by molar-refractivity contribution is 7.99. The largest absolute Gasteiger partial charge is 0.379 e. The van der Waals surface area contributed by atoms with Crippen LogP contribution in [0.4, 0.5) is 5.69 Å². The van der Waals surface area contributed by atoms with Crippen molar-refractivity contribution in [1.29, 1.82) is 0 Å². The summed E-state index contributed by atoms with van der Waals surface area (Å²) in [6.07, 6.45) is 0.516. The van der Waals surface area contributed by atoms with E-state index in [2.05, 4.69) is 10.6 Å². The van der Waals surface area contributed by atoms with E-state index in [-0.39, 0.29) is 11.9 Å². The molecular formula is C17H26N2O3S. The summed E-state index contributed by atoms with van der Waals surface area (Å²) in [4.78, 5) is 12.1. The Morgan fingerprint density at radius 1 is 1.39 bits per heavy atom. The van der Waals surface area contributed by atoms with Gasteiger partial charge in [-0.25, -0.2) is 0 Å². The number of carbonyl (C=O) groups is 1. The Labute approximate surface area is 142 Å². The van der Waals surface area contributed by atoms with Crippen molar-refractivity contribution in [2.24, 2.45) is 0 Å². The predicted molar refractivity (Wildman–Crippen MR) is 95.0 cm³/mol. The van der Waals surface area contributed by atoms with E-state index in [0.717, 1.165) is 29.3 Å². The van der Waals surface area contributed by atoms with E-state index in [9.17, 15) is 4.79 Å². The van der Waals surface area contributed by atoms with E-state index in [1.54, 1.807) is 0 Å². The van der Waals surface area contributed by atoms with E-state index >= 15 is 0 Å². The normalized spacial score (nSPS) is 17.9. The molecule has 23 heavy (non-hydrogen) atoms. The molecule has 0 spiro atoms. The Morgan fingerprint density at radius 2 is 2.26 bits per heavy atom. The first-order valence-corrected chi connectivity index (χ1v) is 9.29. The van der Waals surface area contributed by atoms with Crippen molar-refractivity contribution in [2.45, 2.75) is 26.0 Å². The van der Waals surface area contributed by atoms with Crippen LogP contribution in [0.1, 0.15) is 18.9 Å². The molecule has 0 bridgehead atoms. The van der Waals surface area contributed by atoms with Gasteiger partial charge in [-0.1, -0.05) is 12.1 Å². The lowest BCUT2D eigenvalue weighted by Crippen LogP contribution is -2.39. The number of nitrogens with one attached hydrogen (secondary N) is 2. The monoisotopic (exact) mass is 338 g/mol. The fourth-order valence-electron chi connectivity index (χ4n) is 2.38. The summed E-state index contributed by atoms with van der Waals surface area (Å²) in [6, 6.07) is 8.08. The molecule has 2 rings (SSSR count). The number of hydrogen-bond donors (Lipinski definition) is 2. The summed E-state index contributed by atoms with van der Waals surface area (Å²) in [7, 11) is 0. The van der Waals surface area contributed by atoms with Gasteiger partial charge in [-0.2, -0.15) is 11.8 Å². The first-order valence-electron chi connectivity index (χ1n) is 8.13. The molecule has 1 saturated heterocycles. The van der Waals surface area contributed by atoms with Crippen molar-refractivity contribution < 1.29 is 14.3 Å². The fraction of sp³-hybridized carbons (Fsp3) is 0.588. The molecular weight excluding hydrogens is 312 g/mol. The molecule has 1 heterocycles. The molecule has 0 aromatic heterocycles. The van der Waals surface area contributed by atoms with E-state index in [4.69, 9.17) is 9.47 Å². The van der Waals surface area contributed by atoms with Crippen LogP contribution in [-0.4, -0.2) is 49.8 Å². The van der Waals surface area contributed by atoms with Gasteiger partial charge < -0.3 is 20.1 Å². The average molecular weight is 338 g/mol. The molecule has 0 aliphatic carbocycles. The van der Waals surface area contributed by atoms with Gasteiger partial charge in [0.15, 0.2) is 0 Å². The van der Waals surface area contributed by atoms with Gasteiger partial charge in [-0.3, -0.25) is 4.79 Å². The number of amides is 1. The second kappa shape index (κ2) is 10.6. The summed E-state index contributed by atoms with van der Waals surface area (Å²) in [5.41, 5.74) is 1.87. The van der Waals surface area contributed by atoms with Crippen LogP contribution in [0.15, 0.2) is 24.3 Å². The van der Waals surface area contributed by atoms with Crippen LogP contribution in [0.2, 0.25) is 0 Å². The molecule has 0 saturated carbocycles. The van der Waals surface area contributed by atoms with Crippen molar-refractivity contribution in [3.8, 4) is 0 Å². The Hall–Kier alpha value is -1.08. The van der Waals surface area contributed by atoms with Crippen molar-refractivity contribution >= 4 is 23.4 Å². The molecule has 1 aromatic rings. The third-order valence-electron chi connectivity index (χ3n) is 3.49. The number of carbonyl (C=O) groups excluding carboxylic acids is 1. The van der Waals surface area contributed by atoms with Crippen molar-refractivity contribution in [3.63, 3.8) is 0 Å². The third kappa shape index (κ3) is 7.35. The van der Waals surface area contributed by atoms with Crippen molar-refractivity contribution in [1.82, 2.24) is 5.32 Å². The first-order chi connectivity index (χ1) is 11.3. The number of rotatable bonds is 9. The maximum absolute atomic E-state index is 12.1. The summed E-state index contributed by atoms with van der Waals surface area (Å²) >= 11 is 1.90. The highest BCUT2D eigenvalue weighted by Gasteiger charge is 2.16. The van der Waals surface area contributed by atoms with Crippen molar-refractivity contribution in [3.05, 3.63) is 29.8 Å². The molecule has 5 nitrogen and oxygen atoms in total. The maximum atomic E-state index is 12.1. The minimum absolute atomic E-state index is 0.0550. The summed E-state index contributed by atoms with van der Waals surface area (Å²) in [5.74, 6) is 2.18. The molecule has 1 aliphatic heterocycles. The lowest BCUT2D eigenvalue weighted by atomic mass is 10.2. The van der Waals surface area contributed by atoms with Gasteiger partial charge in [0, 0.05) is 42.8 Å². The van der Waals surface area contributed by atoms with Crippen LogP contribution in [0.25, 0.3) is 0 Å². The molecule has 1 aliphatic rings. The Morgan fingerprint density at radius 3 is 3.04 bits per heavy atom. The van der Waals surface area contributed by atoms with Gasteiger partial charge >= 0.3 is 0 Å². The predicted octanol–water partition coefficient (Wildman–Crippen LogP) is 2.27. The van der Waals surface area contributed by atoms with Gasteiger partial charge in [-0.15, -0.1) is 0 Å². The first kappa shape index (κ1) is 18.3. The highest BCUT2D eigenvalue weighted by Crippen LogP contribution is 2.14. The quantitative estimate of drug-likeness (QED) is 0.677. The number of anilines is 1. The van der Waals surface area contributed by atoms with E-state index in [1.165, 1.54) is 0 Å². The summed E-state index contributed by atoms with van der Waals surface area (Å²) in [5, 5.41) is 6.35. The number of thioether (sulfide) groups is 1. The van der Waals surface area contributed by atoms with Crippen LogP contribution in [-0.2, 0) is 20.9 Å². The van der Waals surface area contributed by atoms with Crippen LogP contribution in [0.3, 0.4) is 0 Å². The molecule has 1 aromatic carbocycles. The third-order valence-corrected chi connectivity index (χ3v) is 4.62. The molecule has 2 N–H and O–H groups in total. The summed E-state index contributed by atoms with van der Waals surface area (Å²) in [6.45, 7) is 5.37. The second-order valence-electron chi connectivity index (χ2n) is 5.43. The average Bonchev–Trinajstić information content (AvgIpc) is 2.56. The molecule has 1 fully saturated rings. The van der Waals surface area contributed by atoms with Crippen LogP contribution in [0.5, 0.6) is 0 Å². The van der Waals surface area contributed by atoms with E-state index < -0.39 is 0 Å². The Balaban J connectivity index is 1.73. The zero-order valence-electron chi connectivity index (χ0n) is 13.7. The molecule has 0 radical (unpaired) electrons. The van der Waals surface area contributed by atoms with Crippen LogP contribution in [0, 0.1) is 0 Å². The molecule has 1 atom stereocenters. The lowest BCUT2D eigenvalue weighted by molar-refractivity contribution is -0.116. The minimum Gasteiger partial charge on any atom is -0.379 e. The number of ether oxygens (including phenoxy) is 2. The van der Waals surface area contributed by atoms with Gasteiger partial charge in [0.05, 0.1) is 19.8 Å². The molecule has 1 unspecified atom stereocenters. The van der Waals surface area contributed by atoms with Gasteiger partial charge in [-0.05, 0) is 24.6 Å². The Kier molecular flexibility index (Phi) is 8.46. The van der Waals surface area contributed by atoms with Crippen molar-refractivity contribution in [2.75, 3.05) is 43.2 Å². The van der Waals surface area contributed by atoms with Crippen LogP contribution >= 0.6 is 11.8 Å². The van der Waals surface area contributed by atoms with Gasteiger partial charge in [0.1, 0.15) is 0 Å². The second-order valence-corrected chi connectivity index (χ2v) is 6.58. The maximum Gasteiger partial charge on any atom is 0.225 e. The van der Waals surface area contributed by atoms with Gasteiger partial charge in [0.25, 0.3) is 0 Å².